The molecule has 12 N–H and O–H groups in total. The third-order valence-electron chi connectivity index (χ3n) is 5.06. The molecule has 0 saturated heterocycles. The van der Waals surface area contributed by atoms with E-state index in [1.165, 1.54) is 6.92 Å². The molecule has 0 saturated carbocycles. The normalized spacial score (nSPS) is 19.6. The molecule has 0 spiro atoms. The number of hydrogen-bond acceptors (Lipinski definition) is 11. The minimum atomic E-state index is -1.76. The van der Waals surface area contributed by atoms with Crippen LogP contribution in [0.1, 0.15) is 34.6 Å². The van der Waals surface area contributed by atoms with E-state index in [2.05, 4.69) is 16.0 Å². The summed E-state index contributed by atoms with van der Waals surface area (Å²) in [7, 11) is 0. The van der Waals surface area contributed by atoms with Crippen LogP contribution >= 0.6 is 0 Å². The summed E-state index contributed by atoms with van der Waals surface area (Å²) in [5, 5.41) is 66.2. The zero-order valence-electron chi connectivity index (χ0n) is 20.6. The van der Waals surface area contributed by atoms with E-state index >= 15 is 0 Å². The van der Waals surface area contributed by atoms with Crippen LogP contribution in [0.4, 0.5) is 0 Å². The smallest absolute Gasteiger partial charge is 0.328 e. The van der Waals surface area contributed by atoms with Crippen molar-refractivity contribution < 1.29 is 54.6 Å². The number of rotatable bonds is 14. The SMILES string of the molecule is C[C@@H](O)[C@H](N)C(=O)N[C@H](C(=O)N[C@H](C(=O)N[C@H](C(=O)N[C@H](C(=O)O)[C@@H](C)O)[C@@H](C)O)[C@@H](C)O)[C@@H](C)O. The molecule has 36 heavy (non-hydrogen) atoms. The second kappa shape index (κ2) is 14.6. The maximum atomic E-state index is 12.8. The van der Waals surface area contributed by atoms with Gasteiger partial charge in [0.15, 0.2) is 6.04 Å². The first-order valence-corrected chi connectivity index (χ1v) is 11.0. The van der Waals surface area contributed by atoms with Crippen LogP contribution in [0.5, 0.6) is 0 Å². The van der Waals surface area contributed by atoms with Crippen molar-refractivity contribution in [1.29, 1.82) is 0 Å². The molecule has 0 heterocycles. The third-order valence-corrected chi connectivity index (χ3v) is 5.06. The van der Waals surface area contributed by atoms with Gasteiger partial charge in [-0.25, -0.2) is 4.79 Å². The minimum absolute atomic E-state index is 0.985. The van der Waals surface area contributed by atoms with Gasteiger partial charge in [0.05, 0.1) is 30.5 Å². The lowest BCUT2D eigenvalue weighted by Gasteiger charge is -2.29. The number of carbonyl (C=O) groups excluding carboxylic acids is 4. The third kappa shape index (κ3) is 10.00. The first kappa shape index (κ1) is 33.1. The molecule has 0 aliphatic rings. The fraction of sp³-hybridized carbons (Fsp3) is 0.750. The second-order valence-electron chi connectivity index (χ2n) is 8.51. The lowest BCUT2D eigenvalue weighted by Crippen LogP contribution is -2.64. The molecule has 10 atom stereocenters. The Morgan fingerprint density at radius 3 is 0.972 bits per heavy atom. The highest BCUT2D eigenvalue weighted by Gasteiger charge is 2.37. The number of aliphatic hydroxyl groups is 5. The number of aliphatic hydroxyl groups excluding tert-OH is 5. The van der Waals surface area contributed by atoms with Crippen molar-refractivity contribution in [1.82, 2.24) is 21.3 Å². The Labute approximate surface area is 207 Å². The van der Waals surface area contributed by atoms with Gasteiger partial charge in [-0.1, -0.05) is 0 Å². The summed E-state index contributed by atoms with van der Waals surface area (Å²) in [5.74, 6) is -6.05. The highest BCUT2D eigenvalue weighted by molar-refractivity contribution is 5.96. The Morgan fingerprint density at radius 2 is 0.750 bits per heavy atom. The van der Waals surface area contributed by atoms with E-state index in [1.807, 2.05) is 5.32 Å². The predicted molar refractivity (Wildman–Crippen MR) is 122 cm³/mol. The van der Waals surface area contributed by atoms with Crippen molar-refractivity contribution in [3.8, 4) is 0 Å². The van der Waals surface area contributed by atoms with Gasteiger partial charge in [0.1, 0.15) is 24.2 Å². The van der Waals surface area contributed by atoms with Crippen molar-refractivity contribution >= 4 is 29.6 Å². The Morgan fingerprint density at radius 1 is 0.500 bits per heavy atom. The maximum Gasteiger partial charge on any atom is 0.328 e. The second-order valence-corrected chi connectivity index (χ2v) is 8.51. The summed E-state index contributed by atoms with van der Waals surface area (Å²) >= 11 is 0. The fourth-order valence-electron chi connectivity index (χ4n) is 2.80. The van der Waals surface area contributed by atoms with Gasteiger partial charge < -0.3 is 57.6 Å². The Bertz CT molecular complexity index is 788. The molecule has 0 aromatic heterocycles. The van der Waals surface area contributed by atoms with Crippen molar-refractivity contribution in [3.05, 3.63) is 0 Å². The van der Waals surface area contributed by atoms with Crippen molar-refractivity contribution in [3.63, 3.8) is 0 Å². The van der Waals surface area contributed by atoms with E-state index in [0.717, 1.165) is 27.7 Å². The number of aliphatic carboxylic acids is 1. The number of carbonyl (C=O) groups is 5. The highest BCUT2D eigenvalue weighted by Crippen LogP contribution is 2.03. The first-order chi connectivity index (χ1) is 16.4. The largest absolute Gasteiger partial charge is 0.480 e. The summed E-state index contributed by atoms with van der Waals surface area (Å²) < 4.78 is 0. The van der Waals surface area contributed by atoms with Crippen LogP contribution in [0.2, 0.25) is 0 Å². The molecular formula is C20H37N5O11. The molecular weight excluding hydrogens is 486 g/mol. The maximum absolute atomic E-state index is 12.8. The van der Waals surface area contributed by atoms with E-state index in [1.54, 1.807) is 0 Å². The Kier molecular flexibility index (Phi) is 13.4. The van der Waals surface area contributed by atoms with Crippen LogP contribution in [0.15, 0.2) is 0 Å². The fourth-order valence-corrected chi connectivity index (χ4v) is 2.80. The topological polar surface area (TPSA) is 281 Å². The Balaban J connectivity index is 5.64. The van der Waals surface area contributed by atoms with E-state index in [0.29, 0.717) is 0 Å². The number of carboxylic acids is 1. The average Bonchev–Trinajstić information content (AvgIpc) is 2.75. The van der Waals surface area contributed by atoms with Gasteiger partial charge in [-0.15, -0.1) is 0 Å². The van der Waals surface area contributed by atoms with Crippen LogP contribution in [0.25, 0.3) is 0 Å². The van der Waals surface area contributed by atoms with E-state index in [4.69, 9.17) is 10.8 Å². The monoisotopic (exact) mass is 523 g/mol. The molecule has 0 aromatic rings. The molecule has 0 aliphatic heterocycles. The standard InChI is InChI=1S/C20H37N5O11/c1-6(26)11(21)16(31)22-12(7(2)27)17(32)23-13(8(3)28)18(33)24-14(9(4)29)19(34)25-15(10(5)30)20(35)36/h6-15,26-30H,21H2,1-5H3,(H,22,31)(H,23,32)(H,24,33)(H,25,34)(H,35,36)/t6-,7-,8-,9-,10-,11+,12+,13+,14+,15+/m1/s1. The zero-order valence-corrected chi connectivity index (χ0v) is 20.6. The summed E-state index contributed by atoms with van der Waals surface area (Å²) in [5.41, 5.74) is 5.50. The van der Waals surface area contributed by atoms with Gasteiger partial charge in [0.2, 0.25) is 23.6 Å². The quantitative estimate of drug-likeness (QED) is 0.102. The average molecular weight is 524 g/mol. The lowest BCUT2D eigenvalue weighted by molar-refractivity contribution is -0.146. The summed E-state index contributed by atoms with van der Waals surface area (Å²) in [4.78, 5) is 61.2. The number of hydrogen-bond donors (Lipinski definition) is 11. The van der Waals surface area contributed by atoms with Gasteiger partial charge in [-0.05, 0) is 34.6 Å². The summed E-state index contributed by atoms with van der Waals surface area (Å²) in [6.45, 7) is 5.67. The molecule has 0 unspecified atom stereocenters. The summed E-state index contributed by atoms with van der Waals surface area (Å²) in [6, 6.07) is -8.37. The molecule has 0 aliphatic carbocycles. The molecule has 0 bridgehead atoms. The molecule has 0 radical (unpaired) electrons. The molecule has 0 aromatic carbocycles. The predicted octanol–water partition coefficient (Wildman–Crippen LogP) is -5.76. The van der Waals surface area contributed by atoms with Crippen LogP contribution in [-0.4, -0.2) is 121 Å². The van der Waals surface area contributed by atoms with Crippen LogP contribution in [-0.2, 0) is 24.0 Å². The lowest BCUT2D eigenvalue weighted by atomic mass is 10.1. The first-order valence-electron chi connectivity index (χ1n) is 11.0. The molecule has 208 valence electrons. The molecule has 16 nitrogen and oxygen atoms in total. The zero-order chi connectivity index (χ0) is 28.5. The number of carboxylic acid groups (broad SMARTS) is 1. The van der Waals surface area contributed by atoms with Gasteiger partial charge in [0, 0.05) is 0 Å². The van der Waals surface area contributed by atoms with E-state index in [9.17, 15) is 49.5 Å². The van der Waals surface area contributed by atoms with Gasteiger partial charge >= 0.3 is 5.97 Å². The number of nitrogens with one attached hydrogen (secondary N) is 4. The van der Waals surface area contributed by atoms with Gasteiger partial charge in [0.25, 0.3) is 0 Å². The van der Waals surface area contributed by atoms with E-state index < -0.39 is 90.3 Å². The van der Waals surface area contributed by atoms with Crippen molar-refractivity contribution in [2.24, 2.45) is 5.73 Å². The Hall–Kier alpha value is -2.89. The van der Waals surface area contributed by atoms with Crippen LogP contribution in [0.3, 0.4) is 0 Å². The van der Waals surface area contributed by atoms with Crippen LogP contribution in [0, 0.1) is 0 Å². The number of amides is 4. The molecule has 16 heteroatoms. The van der Waals surface area contributed by atoms with Crippen LogP contribution < -0.4 is 27.0 Å². The van der Waals surface area contributed by atoms with E-state index in [-0.39, 0.29) is 0 Å². The van der Waals surface area contributed by atoms with Crippen molar-refractivity contribution in [2.75, 3.05) is 0 Å². The van der Waals surface area contributed by atoms with Gasteiger partial charge in [-0.3, -0.25) is 19.2 Å². The highest BCUT2D eigenvalue weighted by atomic mass is 16.4. The molecule has 0 fully saturated rings. The molecule has 0 rings (SSSR count). The van der Waals surface area contributed by atoms with Crippen molar-refractivity contribution in [2.45, 2.75) is 95.3 Å². The number of nitrogens with two attached hydrogens (primary N) is 1. The molecule has 4 amide bonds. The van der Waals surface area contributed by atoms with Gasteiger partial charge in [-0.2, -0.15) is 0 Å². The minimum Gasteiger partial charge on any atom is -0.480 e. The summed E-state index contributed by atoms with van der Waals surface area (Å²) in [6.07, 6.45) is -7.46.